The van der Waals surface area contributed by atoms with Crippen molar-refractivity contribution in [2.24, 2.45) is 0 Å². The molecule has 1 N–H and O–H groups in total. The van der Waals surface area contributed by atoms with Gasteiger partial charge in [0.1, 0.15) is 12.2 Å². The molecule has 0 spiro atoms. The first kappa shape index (κ1) is 23.7. The zero-order valence-corrected chi connectivity index (χ0v) is 17.2. The highest BCUT2D eigenvalue weighted by Gasteiger charge is 2.47. The second-order valence-corrected chi connectivity index (χ2v) is 7.44. The Bertz CT molecular complexity index is 918. The van der Waals surface area contributed by atoms with Crippen LogP contribution in [-0.2, 0) is 20.9 Å². The topological polar surface area (TPSA) is 102 Å². The van der Waals surface area contributed by atoms with Gasteiger partial charge < -0.3 is 23.9 Å². The minimum absolute atomic E-state index is 0.0493. The van der Waals surface area contributed by atoms with E-state index in [-0.39, 0.29) is 24.2 Å². The van der Waals surface area contributed by atoms with Crippen molar-refractivity contribution in [2.75, 3.05) is 13.2 Å². The fourth-order valence-electron chi connectivity index (χ4n) is 3.69. The van der Waals surface area contributed by atoms with Crippen LogP contribution in [0.3, 0.4) is 0 Å². The lowest BCUT2D eigenvalue weighted by atomic mass is 10.0. The molecule has 0 bridgehead atoms. The lowest BCUT2D eigenvalue weighted by Crippen LogP contribution is -2.43. The minimum Gasteiger partial charge on any atom is -0.475 e. The van der Waals surface area contributed by atoms with E-state index in [1.54, 1.807) is 18.7 Å². The number of nitrogens with zero attached hydrogens (tertiary/aromatic N) is 2. The number of rotatable bonds is 4. The van der Waals surface area contributed by atoms with E-state index in [1.807, 2.05) is 30.0 Å². The summed E-state index contributed by atoms with van der Waals surface area (Å²) >= 11 is 0. The summed E-state index contributed by atoms with van der Waals surface area (Å²) in [5.41, 5.74) is 1.92. The molecule has 2 aliphatic heterocycles. The number of carbonyl (C=O) groups excluding carboxylic acids is 1. The molecule has 2 aromatic heterocycles. The molecule has 2 fully saturated rings. The molecule has 0 saturated carbocycles. The highest BCUT2D eigenvalue weighted by molar-refractivity contribution is 5.93. The number of fused-ring (bicyclic) bond motifs is 1. The molecule has 4 rings (SSSR count). The summed E-state index contributed by atoms with van der Waals surface area (Å²) in [4.78, 5) is 27.7. The standard InChI is InChI=1S/C19H22N2O4.C2HF3O2/c1-13-6-10-24-17(13)19(22)21-11-16(18-15(21)3-2-9-23-18)25-12-14-4-7-20-8-5-14;3-2(4,5)1(6)7/h4-8,10,15-16,18H,2-3,9,11-12H2,1H3;(H,6,7)/t15-,16+,18+;/m1./s1. The molecular weight excluding hydrogens is 433 g/mol. The quantitative estimate of drug-likeness (QED) is 0.754. The average molecular weight is 456 g/mol. The van der Waals surface area contributed by atoms with Crippen molar-refractivity contribution in [3.8, 4) is 0 Å². The molecule has 0 radical (unpaired) electrons. The van der Waals surface area contributed by atoms with Gasteiger partial charge in [0.2, 0.25) is 0 Å². The first-order valence-electron chi connectivity index (χ1n) is 9.95. The average Bonchev–Trinajstić information content (AvgIpc) is 3.36. The summed E-state index contributed by atoms with van der Waals surface area (Å²) in [6.45, 7) is 3.62. The number of likely N-dealkylation sites (tertiary alicyclic amines) is 1. The fraction of sp³-hybridized carbons (Fsp3) is 0.476. The molecular formula is C21H23F3N2O6. The van der Waals surface area contributed by atoms with E-state index in [2.05, 4.69) is 4.98 Å². The van der Waals surface area contributed by atoms with Gasteiger partial charge in [-0.15, -0.1) is 0 Å². The van der Waals surface area contributed by atoms with Gasteiger partial charge in [-0.3, -0.25) is 9.78 Å². The molecule has 2 aromatic rings. The van der Waals surface area contributed by atoms with Gasteiger partial charge in [0.25, 0.3) is 5.91 Å². The third-order valence-corrected chi connectivity index (χ3v) is 5.25. The van der Waals surface area contributed by atoms with Crippen LogP contribution >= 0.6 is 0 Å². The molecule has 174 valence electrons. The summed E-state index contributed by atoms with van der Waals surface area (Å²) < 4.78 is 49.2. The smallest absolute Gasteiger partial charge is 0.475 e. The predicted molar refractivity (Wildman–Crippen MR) is 104 cm³/mol. The molecule has 8 nitrogen and oxygen atoms in total. The number of alkyl halides is 3. The van der Waals surface area contributed by atoms with Crippen LogP contribution in [0.15, 0.2) is 41.3 Å². The number of aliphatic carboxylic acids is 1. The number of ether oxygens (including phenoxy) is 2. The van der Waals surface area contributed by atoms with Gasteiger partial charge in [-0.25, -0.2) is 4.79 Å². The number of pyridine rings is 1. The number of hydrogen-bond acceptors (Lipinski definition) is 6. The van der Waals surface area contributed by atoms with Crippen molar-refractivity contribution < 1.29 is 41.8 Å². The maximum atomic E-state index is 12.9. The highest BCUT2D eigenvalue weighted by atomic mass is 19.4. The second kappa shape index (κ2) is 10.1. The number of halogens is 3. The summed E-state index contributed by atoms with van der Waals surface area (Å²) in [6, 6.07) is 5.73. The van der Waals surface area contributed by atoms with E-state index in [4.69, 9.17) is 23.8 Å². The number of carboxylic acid groups (broad SMARTS) is 1. The van der Waals surface area contributed by atoms with Crippen LogP contribution in [0.5, 0.6) is 0 Å². The zero-order valence-electron chi connectivity index (χ0n) is 17.2. The van der Waals surface area contributed by atoms with Crippen molar-refractivity contribution >= 4 is 11.9 Å². The Morgan fingerprint density at radius 3 is 2.56 bits per heavy atom. The SMILES string of the molecule is Cc1ccoc1C(=O)N1C[C@H](OCc2ccncc2)[C@H]2OCCC[C@H]21.O=C(O)C(F)(F)F. The predicted octanol–water partition coefficient (Wildman–Crippen LogP) is 3.21. The molecule has 2 aliphatic rings. The fourth-order valence-corrected chi connectivity index (χ4v) is 3.69. The number of carboxylic acids is 1. The minimum atomic E-state index is -5.08. The maximum Gasteiger partial charge on any atom is 0.490 e. The Morgan fingerprint density at radius 2 is 1.97 bits per heavy atom. The summed E-state index contributed by atoms with van der Waals surface area (Å²) in [5.74, 6) is -2.41. The largest absolute Gasteiger partial charge is 0.490 e. The van der Waals surface area contributed by atoms with Crippen LogP contribution in [0.4, 0.5) is 13.2 Å². The van der Waals surface area contributed by atoms with Crippen LogP contribution in [0.25, 0.3) is 0 Å². The lowest BCUT2D eigenvalue weighted by molar-refractivity contribution is -0.192. The van der Waals surface area contributed by atoms with Gasteiger partial charge in [-0.05, 0) is 43.5 Å². The van der Waals surface area contributed by atoms with E-state index in [1.165, 1.54) is 0 Å². The van der Waals surface area contributed by atoms with E-state index in [0.29, 0.717) is 18.9 Å². The van der Waals surface area contributed by atoms with Crippen LogP contribution in [0.1, 0.15) is 34.5 Å². The molecule has 0 aromatic carbocycles. The molecule has 2 saturated heterocycles. The monoisotopic (exact) mass is 456 g/mol. The Hall–Kier alpha value is -2.92. The first-order valence-corrected chi connectivity index (χ1v) is 9.95. The van der Waals surface area contributed by atoms with E-state index in [0.717, 1.165) is 30.6 Å². The summed E-state index contributed by atoms with van der Waals surface area (Å²) in [7, 11) is 0. The Morgan fingerprint density at radius 1 is 1.28 bits per heavy atom. The molecule has 3 atom stereocenters. The molecule has 1 amide bonds. The Kier molecular flexibility index (Phi) is 7.52. The van der Waals surface area contributed by atoms with Crippen molar-refractivity contribution in [1.29, 1.82) is 0 Å². The molecule has 4 heterocycles. The Balaban J connectivity index is 0.000000360. The number of hydrogen-bond donors (Lipinski definition) is 1. The molecule has 11 heteroatoms. The normalized spacial score (nSPS) is 22.6. The zero-order chi connectivity index (χ0) is 23.3. The van der Waals surface area contributed by atoms with Crippen LogP contribution < -0.4 is 0 Å². The van der Waals surface area contributed by atoms with Crippen molar-refractivity contribution in [2.45, 2.75) is 50.8 Å². The molecule has 0 unspecified atom stereocenters. The van der Waals surface area contributed by atoms with Crippen molar-refractivity contribution in [3.05, 3.63) is 53.7 Å². The van der Waals surface area contributed by atoms with Gasteiger partial charge in [-0.2, -0.15) is 13.2 Å². The van der Waals surface area contributed by atoms with E-state index < -0.39 is 12.1 Å². The van der Waals surface area contributed by atoms with Crippen LogP contribution in [0, 0.1) is 6.92 Å². The molecule has 0 aliphatic carbocycles. The van der Waals surface area contributed by atoms with Crippen molar-refractivity contribution in [3.63, 3.8) is 0 Å². The second-order valence-electron chi connectivity index (χ2n) is 7.44. The number of aryl methyl sites for hydroxylation is 1. The number of furan rings is 1. The molecule has 32 heavy (non-hydrogen) atoms. The van der Waals surface area contributed by atoms with Crippen molar-refractivity contribution in [1.82, 2.24) is 9.88 Å². The summed E-state index contributed by atoms with van der Waals surface area (Å²) in [5, 5.41) is 7.12. The van der Waals surface area contributed by atoms with Crippen LogP contribution in [0.2, 0.25) is 0 Å². The third kappa shape index (κ3) is 5.65. The van der Waals surface area contributed by atoms with Gasteiger partial charge in [0.15, 0.2) is 5.76 Å². The van der Waals surface area contributed by atoms with Gasteiger partial charge in [0, 0.05) is 24.6 Å². The first-order chi connectivity index (χ1) is 15.2. The Labute approximate surface area is 181 Å². The highest BCUT2D eigenvalue weighted by Crippen LogP contribution is 2.32. The van der Waals surface area contributed by atoms with Gasteiger partial charge in [0.05, 0.1) is 25.5 Å². The number of carbonyl (C=O) groups is 2. The van der Waals surface area contributed by atoms with Gasteiger partial charge >= 0.3 is 12.1 Å². The van der Waals surface area contributed by atoms with E-state index in [9.17, 15) is 18.0 Å². The van der Waals surface area contributed by atoms with E-state index >= 15 is 0 Å². The number of amides is 1. The van der Waals surface area contributed by atoms with Gasteiger partial charge in [-0.1, -0.05) is 0 Å². The third-order valence-electron chi connectivity index (χ3n) is 5.25. The maximum absolute atomic E-state index is 12.9. The number of aromatic nitrogens is 1. The lowest BCUT2D eigenvalue weighted by Gasteiger charge is -2.31. The van der Waals surface area contributed by atoms with Crippen LogP contribution in [-0.4, -0.2) is 64.4 Å². The summed E-state index contributed by atoms with van der Waals surface area (Å²) in [6.07, 6.45) is 1.67.